The highest BCUT2D eigenvalue weighted by molar-refractivity contribution is 6.03. The molecule has 0 amide bonds. The van der Waals surface area contributed by atoms with Gasteiger partial charge in [0.25, 0.3) is 0 Å². The summed E-state index contributed by atoms with van der Waals surface area (Å²) in [6.07, 6.45) is 5.93. The van der Waals surface area contributed by atoms with Crippen molar-refractivity contribution in [2.45, 2.75) is 64.3 Å². The summed E-state index contributed by atoms with van der Waals surface area (Å²) in [6, 6.07) is 38.6. The number of nitrogens with zero attached hydrogens (tertiary/aromatic N) is 2. The van der Waals surface area contributed by atoms with Gasteiger partial charge in [-0.1, -0.05) is 125 Å². The van der Waals surface area contributed by atoms with E-state index in [2.05, 4.69) is 116 Å². The number of hydrogen-bond acceptors (Lipinski definition) is 2. The molecule has 0 aromatic heterocycles. The molecule has 0 fully saturated rings. The lowest BCUT2D eigenvalue weighted by atomic mass is 9.79. The number of para-hydroxylation sites is 1. The molecule has 0 spiro atoms. The Balaban J connectivity index is 1.37. The van der Waals surface area contributed by atoms with Crippen LogP contribution in [0.2, 0.25) is 0 Å². The van der Waals surface area contributed by atoms with E-state index < -0.39 is 0 Å². The Morgan fingerprint density at radius 1 is 0.744 bits per heavy atom. The van der Waals surface area contributed by atoms with Crippen molar-refractivity contribution in [1.29, 1.82) is 0 Å². The lowest BCUT2D eigenvalue weighted by Crippen LogP contribution is -2.20. The molecule has 39 heavy (non-hydrogen) atoms. The third-order valence-electron chi connectivity index (χ3n) is 7.76. The van der Waals surface area contributed by atoms with Crippen LogP contribution in [0.1, 0.15) is 86.7 Å². The lowest BCUT2D eigenvalue weighted by Gasteiger charge is -2.27. The van der Waals surface area contributed by atoms with Crippen LogP contribution in [-0.2, 0) is 5.41 Å². The molecule has 0 N–H and O–H groups in total. The monoisotopic (exact) mass is 510 g/mol. The van der Waals surface area contributed by atoms with Crippen LogP contribution in [0.15, 0.2) is 114 Å². The third kappa shape index (κ3) is 6.50. The Bertz CT molecular complexity index is 1440. The Labute approximate surface area is 234 Å². The zero-order valence-electron chi connectivity index (χ0n) is 23.4. The smallest absolute Gasteiger partial charge is 0.0831 e. The molecule has 1 aliphatic rings. The number of unbranched alkanes of at least 4 members (excludes halogenated alkanes) is 2. The van der Waals surface area contributed by atoms with Crippen molar-refractivity contribution in [2.24, 2.45) is 5.10 Å². The Kier molecular flexibility index (Phi) is 8.28. The number of hydrogen-bond donors (Lipinski definition) is 0. The maximum Gasteiger partial charge on any atom is 0.0831 e. The summed E-state index contributed by atoms with van der Waals surface area (Å²) in [5.41, 5.74) is 8.32. The average molecular weight is 511 g/mol. The molecule has 1 unspecified atom stereocenters. The van der Waals surface area contributed by atoms with Crippen molar-refractivity contribution in [3.8, 4) is 11.8 Å². The maximum atomic E-state index is 5.14. The van der Waals surface area contributed by atoms with Crippen molar-refractivity contribution in [1.82, 2.24) is 0 Å². The van der Waals surface area contributed by atoms with Gasteiger partial charge in [-0.2, -0.15) is 5.10 Å². The number of rotatable bonds is 8. The van der Waals surface area contributed by atoms with Gasteiger partial charge in [0.05, 0.1) is 17.4 Å². The summed E-state index contributed by atoms with van der Waals surface area (Å²) >= 11 is 0. The quantitative estimate of drug-likeness (QED) is 0.170. The van der Waals surface area contributed by atoms with E-state index in [1.54, 1.807) is 0 Å². The van der Waals surface area contributed by atoms with Crippen molar-refractivity contribution >= 4 is 11.4 Å². The summed E-state index contributed by atoms with van der Waals surface area (Å²) in [5.74, 6) is 6.53. The van der Waals surface area contributed by atoms with Crippen LogP contribution in [0.5, 0.6) is 0 Å². The molecular weight excluding hydrogens is 472 g/mol. The average Bonchev–Trinajstić information content (AvgIpc) is 3.43. The molecule has 2 nitrogen and oxygen atoms in total. The highest BCUT2D eigenvalue weighted by atomic mass is 15.5. The summed E-state index contributed by atoms with van der Waals surface area (Å²) in [7, 11) is 0. The fraction of sp³-hybridized carbons (Fsp3) is 0.270. The maximum absolute atomic E-state index is 5.14. The van der Waals surface area contributed by atoms with E-state index in [0.717, 1.165) is 34.5 Å². The van der Waals surface area contributed by atoms with Crippen LogP contribution in [0.3, 0.4) is 0 Å². The van der Waals surface area contributed by atoms with Gasteiger partial charge in [0.2, 0.25) is 0 Å². The van der Waals surface area contributed by atoms with E-state index in [1.165, 1.54) is 36.8 Å². The predicted octanol–water partition coefficient (Wildman–Crippen LogP) is 9.30. The number of hydrazone groups is 1. The van der Waals surface area contributed by atoms with Crippen LogP contribution in [0.25, 0.3) is 0 Å². The Morgan fingerprint density at radius 2 is 1.36 bits per heavy atom. The van der Waals surface area contributed by atoms with Gasteiger partial charge in [0.1, 0.15) is 0 Å². The molecule has 1 heterocycles. The van der Waals surface area contributed by atoms with Crippen molar-refractivity contribution in [3.05, 3.63) is 137 Å². The first kappa shape index (κ1) is 26.5. The van der Waals surface area contributed by atoms with E-state index in [4.69, 9.17) is 5.10 Å². The largest absolute Gasteiger partial charge is 0.257 e. The minimum absolute atomic E-state index is 0.164. The summed E-state index contributed by atoms with van der Waals surface area (Å²) in [5, 5.41) is 7.34. The second-order valence-electron chi connectivity index (χ2n) is 11.1. The van der Waals surface area contributed by atoms with Gasteiger partial charge in [-0.15, -0.1) is 0 Å². The SMILES string of the molecule is CCCCCC(C)(C)c1ccc(C2CC(c3ccc(C#Cc4ccccc4)cc3)=NN2c2ccccc2)cc1. The van der Waals surface area contributed by atoms with E-state index >= 15 is 0 Å². The van der Waals surface area contributed by atoms with Gasteiger partial charge in [0, 0.05) is 17.5 Å². The topological polar surface area (TPSA) is 15.6 Å². The fourth-order valence-electron chi connectivity index (χ4n) is 5.29. The summed E-state index contributed by atoms with van der Waals surface area (Å²) < 4.78 is 0. The van der Waals surface area contributed by atoms with Gasteiger partial charge in [-0.25, -0.2) is 0 Å². The van der Waals surface area contributed by atoms with Crippen LogP contribution in [0.4, 0.5) is 5.69 Å². The molecule has 0 saturated carbocycles. The number of anilines is 1. The highest BCUT2D eigenvalue weighted by Crippen LogP contribution is 2.38. The van der Waals surface area contributed by atoms with E-state index in [-0.39, 0.29) is 11.5 Å². The van der Waals surface area contributed by atoms with E-state index in [9.17, 15) is 0 Å². The standard InChI is InChI=1S/C37H38N2/c1-4-5-12-27-37(2,3)33-25-23-32(24-26-33)36-28-35(38-39(36)34-15-10-7-11-16-34)31-21-19-30(20-22-31)18-17-29-13-8-6-9-14-29/h6-11,13-16,19-26,36H,4-5,12,27-28H2,1-3H3. The third-order valence-corrected chi connectivity index (χ3v) is 7.76. The normalized spacial score (nSPS) is 15.0. The Hall–Kier alpha value is -4.09. The molecule has 2 heteroatoms. The van der Waals surface area contributed by atoms with Gasteiger partial charge in [-0.05, 0) is 64.9 Å². The second kappa shape index (κ2) is 12.2. The zero-order chi connectivity index (χ0) is 27.1. The Morgan fingerprint density at radius 3 is 2.00 bits per heavy atom. The molecule has 196 valence electrons. The van der Waals surface area contributed by atoms with Crippen LogP contribution in [0, 0.1) is 11.8 Å². The van der Waals surface area contributed by atoms with E-state index in [1.807, 2.05) is 30.3 Å². The van der Waals surface area contributed by atoms with E-state index in [0.29, 0.717) is 0 Å². The molecule has 5 rings (SSSR count). The first-order valence-electron chi connectivity index (χ1n) is 14.2. The van der Waals surface area contributed by atoms with Crippen LogP contribution < -0.4 is 5.01 Å². The molecule has 4 aromatic carbocycles. The number of benzene rings is 4. The summed E-state index contributed by atoms with van der Waals surface area (Å²) in [6.45, 7) is 7.02. The van der Waals surface area contributed by atoms with Crippen molar-refractivity contribution in [3.63, 3.8) is 0 Å². The minimum atomic E-state index is 0.164. The van der Waals surface area contributed by atoms with Crippen molar-refractivity contribution < 1.29 is 0 Å². The summed E-state index contributed by atoms with van der Waals surface area (Å²) in [4.78, 5) is 0. The molecule has 0 radical (unpaired) electrons. The predicted molar refractivity (Wildman–Crippen MR) is 165 cm³/mol. The van der Waals surface area contributed by atoms with Gasteiger partial charge < -0.3 is 0 Å². The lowest BCUT2D eigenvalue weighted by molar-refractivity contribution is 0.450. The fourth-order valence-corrected chi connectivity index (χ4v) is 5.29. The molecule has 1 atom stereocenters. The molecule has 4 aromatic rings. The van der Waals surface area contributed by atoms with Gasteiger partial charge in [-0.3, -0.25) is 5.01 Å². The first-order valence-corrected chi connectivity index (χ1v) is 14.2. The highest BCUT2D eigenvalue weighted by Gasteiger charge is 2.30. The minimum Gasteiger partial charge on any atom is -0.257 e. The van der Waals surface area contributed by atoms with Crippen LogP contribution in [-0.4, -0.2) is 5.71 Å². The molecule has 0 aliphatic carbocycles. The zero-order valence-corrected chi connectivity index (χ0v) is 23.4. The second-order valence-corrected chi connectivity index (χ2v) is 11.1. The first-order chi connectivity index (χ1) is 19.0. The van der Waals surface area contributed by atoms with Gasteiger partial charge in [0.15, 0.2) is 0 Å². The molecular formula is C37H38N2. The van der Waals surface area contributed by atoms with Crippen LogP contribution >= 0.6 is 0 Å². The molecule has 0 saturated heterocycles. The molecule has 0 bridgehead atoms. The van der Waals surface area contributed by atoms with Gasteiger partial charge >= 0.3 is 0 Å². The molecule has 1 aliphatic heterocycles. The van der Waals surface area contributed by atoms with Crippen molar-refractivity contribution in [2.75, 3.05) is 5.01 Å².